The van der Waals surface area contributed by atoms with E-state index in [-0.39, 0.29) is 0 Å². The fourth-order valence-corrected chi connectivity index (χ4v) is 1.18. The third kappa shape index (κ3) is 1.07. The van der Waals surface area contributed by atoms with Crippen LogP contribution >= 0.6 is 0 Å². The Morgan fingerprint density at radius 2 is 2.17 bits per heavy atom. The molecule has 0 bridgehead atoms. The number of fused-ring (bicyclic) bond motifs is 1. The van der Waals surface area contributed by atoms with Gasteiger partial charge in [0.25, 0.3) is 0 Å². The van der Waals surface area contributed by atoms with E-state index < -0.39 is 0 Å². The lowest BCUT2D eigenvalue weighted by molar-refractivity contribution is 0.826. The molecule has 0 unspecified atom stereocenters. The minimum Gasteiger partial charge on any atom is -0.276 e. The molecular formula is C9H11N3. The van der Waals surface area contributed by atoms with Crippen LogP contribution in [0.1, 0.15) is 25.5 Å². The van der Waals surface area contributed by atoms with Gasteiger partial charge in [0.05, 0.1) is 17.9 Å². The van der Waals surface area contributed by atoms with Gasteiger partial charge in [-0.05, 0) is 12.0 Å². The lowest BCUT2D eigenvalue weighted by atomic mass is 10.1. The van der Waals surface area contributed by atoms with Crippen LogP contribution in [0.4, 0.5) is 0 Å². The maximum atomic E-state index is 4.31. The van der Waals surface area contributed by atoms with Gasteiger partial charge in [-0.15, -0.1) is 0 Å². The summed E-state index contributed by atoms with van der Waals surface area (Å²) in [5.41, 5.74) is 2.11. The zero-order valence-corrected chi connectivity index (χ0v) is 7.20. The second-order valence-electron chi connectivity index (χ2n) is 3.22. The number of hydrogen-bond donors (Lipinski definition) is 1. The Bertz CT molecular complexity index is 389. The molecule has 0 saturated heterocycles. The van der Waals surface area contributed by atoms with E-state index in [1.807, 2.05) is 12.4 Å². The van der Waals surface area contributed by atoms with E-state index in [9.17, 15) is 0 Å². The summed E-state index contributed by atoms with van der Waals surface area (Å²) in [6, 6.07) is 2.07. The molecule has 12 heavy (non-hydrogen) atoms. The molecule has 2 rings (SSSR count). The first kappa shape index (κ1) is 7.28. The van der Waals surface area contributed by atoms with Gasteiger partial charge in [0.2, 0.25) is 0 Å². The van der Waals surface area contributed by atoms with Crippen molar-refractivity contribution in [2.45, 2.75) is 19.8 Å². The number of nitrogens with zero attached hydrogens (tertiary/aromatic N) is 2. The average Bonchev–Trinajstić information content (AvgIpc) is 2.49. The van der Waals surface area contributed by atoms with E-state index in [4.69, 9.17) is 0 Å². The van der Waals surface area contributed by atoms with Crippen molar-refractivity contribution in [3.8, 4) is 0 Å². The van der Waals surface area contributed by atoms with Gasteiger partial charge in [-0.1, -0.05) is 13.8 Å². The Labute approximate surface area is 70.8 Å². The largest absolute Gasteiger partial charge is 0.276 e. The van der Waals surface area contributed by atoms with Crippen LogP contribution in [0.5, 0.6) is 0 Å². The van der Waals surface area contributed by atoms with Crippen LogP contribution < -0.4 is 0 Å². The molecular weight excluding hydrogens is 150 g/mol. The Morgan fingerprint density at radius 3 is 2.92 bits per heavy atom. The van der Waals surface area contributed by atoms with Gasteiger partial charge in [-0.2, -0.15) is 5.10 Å². The minimum atomic E-state index is 0.476. The van der Waals surface area contributed by atoms with Crippen LogP contribution in [-0.4, -0.2) is 15.2 Å². The molecule has 0 spiro atoms. The zero-order valence-electron chi connectivity index (χ0n) is 7.20. The fourth-order valence-electron chi connectivity index (χ4n) is 1.18. The minimum absolute atomic E-state index is 0.476. The molecule has 2 heterocycles. The van der Waals surface area contributed by atoms with Gasteiger partial charge >= 0.3 is 0 Å². The number of aromatic amines is 1. The van der Waals surface area contributed by atoms with Crippen molar-refractivity contribution in [3.63, 3.8) is 0 Å². The highest BCUT2D eigenvalue weighted by molar-refractivity contribution is 5.77. The van der Waals surface area contributed by atoms with Crippen LogP contribution in [0.25, 0.3) is 10.9 Å². The summed E-state index contributed by atoms with van der Waals surface area (Å²) in [7, 11) is 0. The number of aromatic nitrogens is 3. The maximum absolute atomic E-state index is 4.31. The van der Waals surface area contributed by atoms with Gasteiger partial charge in [-0.25, -0.2) is 0 Å². The summed E-state index contributed by atoms with van der Waals surface area (Å²) in [5, 5.41) is 7.94. The van der Waals surface area contributed by atoms with Crippen LogP contribution in [0.15, 0.2) is 18.5 Å². The van der Waals surface area contributed by atoms with Crippen molar-refractivity contribution in [1.82, 2.24) is 15.2 Å². The summed E-state index contributed by atoms with van der Waals surface area (Å²) < 4.78 is 0. The predicted octanol–water partition coefficient (Wildman–Crippen LogP) is 2.08. The first-order chi connectivity index (χ1) is 5.77. The highest BCUT2D eigenvalue weighted by atomic mass is 15.1. The molecule has 0 aliphatic rings. The van der Waals surface area contributed by atoms with Crippen molar-refractivity contribution in [2.24, 2.45) is 0 Å². The van der Waals surface area contributed by atoms with Crippen molar-refractivity contribution < 1.29 is 0 Å². The Kier molecular flexibility index (Phi) is 1.57. The zero-order chi connectivity index (χ0) is 8.55. The van der Waals surface area contributed by atoms with Gasteiger partial charge in [0.1, 0.15) is 0 Å². The summed E-state index contributed by atoms with van der Waals surface area (Å²) in [4.78, 5) is 4.31. The molecule has 0 amide bonds. The maximum Gasteiger partial charge on any atom is 0.0833 e. The molecule has 1 N–H and O–H groups in total. The first-order valence-corrected chi connectivity index (χ1v) is 4.06. The highest BCUT2D eigenvalue weighted by Gasteiger charge is 2.02. The molecule has 0 radical (unpaired) electrons. The predicted molar refractivity (Wildman–Crippen MR) is 48.0 cm³/mol. The molecule has 0 fully saturated rings. The summed E-state index contributed by atoms with van der Waals surface area (Å²) >= 11 is 0. The Balaban J connectivity index is 2.60. The van der Waals surface area contributed by atoms with E-state index in [1.54, 1.807) is 0 Å². The normalized spacial score (nSPS) is 11.2. The van der Waals surface area contributed by atoms with Crippen molar-refractivity contribution in [3.05, 3.63) is 24.2 Å². The Hall–Kier alpha value is -1.38. The van der Waals surface area contributed by atoms with Crippen LogP contribution in [0.2, 0.25) is 0 Å². The molecule has 2 aromatic rings. The monoisotopic (exact) mass is 161 g/mol. The second-order valence-corrected chi connectivity index (χ2v) is 3.22. The third-order valence-corrected chi connectivity index (χ3v) is 1.94. The smallest absolute Gasteiger partial charge is 0.0833 e. The molecule has 0 aliphatic carbocycles. The molecule has 0 atom stereocenters. The van der Waals surface area contributed by atoms with Gasteiger partial charge in [-0.3, -0.25) is 10.1 Å². The third-order valence-electron chi connectivity index (χ3n) is 1.94. The van der Waals surface area contributed by atoms with Gasteiger partial charge in [0, 0.05) is 11.1 Å². The van der Waals surface area contributed by atoms with E-state index in [0.717, 1.165) is 16.6 Å². The van der Waals surface area contributed by atoms with Gasteiger partial charge in [0.15, 0.2) is 0 Å². The molecule has 0 saturated carbocycles. The number of rotatable bonds is 1. The second kappa shape index (κ2) is 2.59. The first-order valence-electron chi connectivity index (χ1n) is 4.06. The molecule has 3 heteroatoms. The number of H-pyrrole nitrogens is 1. The van der Waals surface area contributed by atoms with E-state index in [0.29, 0.717) is 5.92 Å². The van der Waals surface area contributed by atoms with E-state index >= 15 is 0 Å². The quantitative estimate of drug-likeness (QED) is 0.695. The van der Waals surface area contributed by atoms with Crippen LogP contribution in [-0.2, 0) is 0 Å². The number of hydrogen-bond acceptors (Lipinski definition) is 2. The summed E-state index contributed by atoms with van der Waals surface area (Å²) in [6.07, 6.45) is 3.65. The lowest BCUT2D eigenvalue weighted by Gasteiger charge is -2.02. The average molecular weight is 161 g/mol. The standard InChI is InChI=1S/C9H11N3/c1-6(2)8-3-7-4-11-12-9(7)5-10-8/h3-6H,1-2H3,(H,11,12). The summed E-state index contributed by atoms with van der Waals surface area (Å²) in [5.74, 6) is 0.476. The number of nitrogens with one attached hydrogen (secondary N) is 1. The highest BCUT2D eigenvalue weighted by Crippen LogP contribution is 2.16. The van der Waals surface area contributed by atoms with Crippen LogP contribution in [0, 0.1) is 0 Å². The van der Waals surface area contributed by atoms with E-state index in [2.05, 4.69) is 35.1 Å². The Morgan fingerprint density at radius 1 is 1.33 bits per heavy atom. The molecule has 0 aliphatic heterocycles. The molecule has 3 nitrogen and oxygen atoms in total. The van der Waals surface area contributed by atoms with E-state index in [1.165, 1.54) is 0 Å². The SMILES string of the molecule is CC(C)c1cc2cn[nH]c2cn1. The fraction of sp³-hybridized carbons (Fsp3) is 0.333. The molecule has 2 aromatic heterocycles. The van der Waals surface area contributed by atoms with Crippen molar-refractivity contribution >= 4 is 10.9 Å². The topological polar surface area (TPSA) is 41.6 Å². The number of pyridine rings is 1. The van der Waals surface area contributed by atoms with Gasteiger partial charge < -0.3 is 0 Å². The van der Waals surface area contributed by atoms with Crippen molar-refractivity contribution in [2.75, 3.05) is 0 Å². The molecule has 0 aromatic carbocycles. The van der Waals surface area contributed by atoms with Crippen molar-refractivity contribution in [1.29, 1.82) is 0 Å². The van der Waals surface area contributed by atoms with Crippen LogP contribution in [0.3, 0.4) is 0 Å². The summed E-state index contributed by atoms with van der Waals surface area (Å²) in [6.45, 7) is 4.27. The lowest BCUT2D eigenvalue weighted by Crippen LogP contribution is -1.90. The molecule has 62 valence electrons.